The zero-order chi connectivity index (χ0) is 19.5. The molecule has 8 atom stereocenters. The van der Waals surface area contributed by atoms with E-state index in [0.29, 0.717) is 31.4 Å². The van der Waals surface area contributed by atoms with E-state index in [9.17, 15) is 24.9 Å². The number of ether oxygens (including phenoxy) is 1. The van der Waals surface area contributed by atoms with Gasteiger partial charge in [-0.2, -0.15) is 0 Å². The lowest BCUT2D eigenvalue weighted by Crippen LogP contribution is -2.44. The molecule has 0 aromatic carbocycles. The molecule has 3 N–H and O–H groups in total. The van der Waals surface area contributed by atoms with Crippen LogP contribution in [0.2, 0.25) is 0 Å². The second-order valence-electron chi connectivity index (χ2n) is 8.46. The summed E-state index contributed by atoms with van der Waals surface area (Å²) in [4.78, 5) is 26.0. The first-order valence-electron chi connectivity index (χ1n) is 9.69. The van der Waals surface area contributed by atoms with Crippen molar-refractivity contribution in [1.29, 1.82) is 0 Å². The van der Waals surface area contributed by atoms with Crippen molar-refractivity contribution in [3.05, 3.63) is 24.3 Å². The maximum Gasteiger partial charge on any atom is 0.320 e. The number of carbonyl (C=O) groups is 2. The van der Waals surface area contributed by atoms with Gasteiger partial charge in [-0.3, -0.25) is 14.5 Å². The average molecular weight is 377 g/mol. The molecule has 4 rings (SSSR count). The van der Waals surface area contributed by atoms with Crippen LogP contribution in [0.3, 0.4) is 0 Å². The van der Waals surface area contributed by atoms with Crippen LogP contribution in [-0.2, 0) is 14.3 Å². The summed E-state index contributed by atoms with van der Waals surface area (Å²) in [5, 5.41) is 30.5. The zero-order valence-corrected chi connectivity index (χ0v) is 15.3. The van der Waals surface area contributed by atoms with Crippen molar-refractivity contribution in [2.75, 3.05) is 13.1 Å². The monoisotopic (exact) mass is 377 g/mol. The Morgan fingerprint density at radius 1 is 1.30 bits per heavy atom. The quantitative estimate of drug-likeness (QED) is 0.487. The number of nitrogens with zero attached hydrogens (tertiary/aromatic N) is 1. The molecule has 7 nitrogen and oxygen atoms in total. The Labute approximate surface area is 158 Å². The number of carboxylic acid groups (broad SMARTS) is 1. The van der Waals surface area contributed by atoms with Crippen LogP contribution in [0.15, 0.2) is 24.3 Å². The largest absolute Gasteiger partial charge is 0.480 e. The average Bonchev–Trinajstić information content (AvgIpc) is 3.24. The van der Waals surface area contributed by atoms with E-state index in [1.165, 1.54) is 0 Å². The predicted octanol–water partition coefficient (Wildman–Crippen LogP) is 0.567. The highest BCUT2D eigenvalue weighted by Crippen LogP contribution is 2.52. The topological polar surface area (TPSA) is 107 Å². The molecule has 27 heavy (non-hydrogen) atoms. The Morgan fingerprint density at radius 2 is 2.04 bits per heavy atom. The number of esters is 1. The van der Waals surface area contributed by atoms with E-state index in [1.54, 1.807) is 0 Å². The molecule has 0 bridgehead atoms. The van der Waals surface area contributed by atoms with Gasteiger partial charge in [-0.1, -0.05) is 18.7 Å². The maximum absolute atomic E-state index is 12.7. The third-order valence-corrected chi connectivity index (χ3v) is 7.04. The second-order valence-corrected chi connectivity index (χ2v) is 8.46. The van der Waals surface area contributed by atoms with Gasteiger partial charge in [-0.25, -0.2) is 0 Å². The summed E-state index contributed by atoms with van der Waals surface area (Å²) in [6.07, 6.45) is 0.224. The normalized spacial score (nSPS) is 44.7. The lowest BCUT2D eigenvalue weighted by Gasteiger charge is -2.30. The summed E-state index contributed by atoms with van der Waals surface area (Å²) in [5.74, 6) is -2.58. The van der Waals surface area contributed by atoms with Gasteiger partial charge in [-0.05, 0) is 43.7 Å². The van der Waals surface area contributed by atoms with Crippen LogP contribution in [0.1, 0.15) is 25.7 Å². The SMILES string of the molecule is C=C1[C@@H]2[C@H]3OC(=O)[C@@H](CN4CCC[C@H]4C(=O)O)[C@@H]3[C@@H](O)CC(=C)[C@@H]2C[C@@H]1O. The number of aliphatic hydroxyl groups is 2. The molecule has 2 saturated heterocycles. The van der Waals surface area contributed by atoms with Crippen molar-refractivity contribution in [2.24, 2.45) is 23.7 Å². The molecular formula is C20H27NO6. The van der Waals surface area contributed by atoms with Gasteiger partial charge in [0.1, 0.15) is 12.1 Å². The summed E-state index contributed by atoms with van der Waals surface area (Å²) >= 11 is 0. The maximum atomic E-state index is 12.7. The van der Waals surface area contributed by atoms with Gasteiger partial charge >= 0.3 is 11.9 Å². The minimum absolute atomic E-state index is 0.0535. The van der Waals surface area contributed by atoms with Gasteiger partial charge in [0.2, 0.25) is 0 Å². The Hall–Kier alpha value is -1.70. The van der Waals surface area contributed by atoms with Crippen LogP contribution in [0.4, 0.5) is 0 Å². The van der Waals surface area contributed by atoms with E-state index in [4.69, 9.17) is 4.74 Å². The van der Waals surface area contributed by atoms with Gasteiger partial charge in [0.05, 0.1) is 18.1 Å². The molecule has 2 saturated carbocycles. The smallest absolute Gasteiger partial charge is 0.320 e. The summed E-state index contributed by atoms with van der Waals surface area (Å²) in [6, 6.07) is -0.592. The van der Waals surface area contributed by atoms with Crippen molar-refractivity contribution >= 4 is 11.9 Å². The molecule has 0 unspecified atom stereocenters. The molecule has 0 spiro atoms. The lowest BCUT2D eigenvalue weighted by molar-refractivity contribution is -0.148. The van der Waals surface area contributed by atoms with Gasteiger partial charge in [0.25, 0.3) is 0 Å². The first kappa shape index (κ1) is 18.7. The van der Waals surface area contributed by atoms with Crippen molar-refractivity contribution in [3.8, 4) is 0 Å². The Morgan fingerprint density at radius 3 is 2.74 bits per heavy atom. The van der Waals surface area contributed by atoms with Crippen LogP contribution in [-0.4, -0.2) is 69.6 Å². The molecule has 148 valence electrons. The van der Waals surface area contributed by atoms with Crippen molar-refractivity contribution in [1.82, 2.24) is 4.90 Å². The predicted molar refractivity (Wildman–Crippen MR) is 95.6 cm³/mol. The number of likely N-dealkylation sites (tertiary alicyclic amines) is 1. The van der Waals surface area contributed by atoms with E-state index in [2.05, 4.69) is 13.2 Å². The summed E-state index contributed by atoms with van der Waals surface area (Å²) in [7, 11) is 0. The minimum atomic E-state index is -0.877. The number of fused-ring (bicyclic) bond motifs is 3. The second kappa shape index (κ2) is 6.72. The molecule has 0 aromatic rings. The highest BCUT2D eigenvalue weighted by molar-refractivity contribution is 5.77. The fraction of sp³-hybridized carbons (Fsp3) is 0.700. The Kier molecular flexibility index (Phi) is 4.64. The highest BCUT2D eigenvalue weighted by Gasteiger charge is 2.58. The number of carboxylic acids is 1. The zero-order valence-electron chi connectivity index (χ0n) is 15.3. The number of aliphatic hydroxyl groups excluding tert-OH is 2. The van der Waals surface area contributed by atoms with Crippen LogP contribution >= 0.6 is 0 Å². The van der Waals surface area contributed by atoms with Gasteiger partial charge in [-0.15, -0.1) is 0 Å². The van der Waals surface area contributed by atoms with Crippen molar-refractivity contribution in [3.63, 3.8) is 0 Å². The molecule has 0 amide bonds. The first-order chi connectivity index (χ1) is 12.8. The van der Waals surface area contributed by atoms with E-state index >= 15 is 0 Å². The fourth-order valence-corrected chi connectivity index (χ4v) is 5.69. The standard InChI is InChI=1S/C20H27NO6/c1-9-6-15(23)17-12(8-21-5-3-4-13(21)19(24)25)20(26)27-18(17)16-10(2)14(22)7-11(9)16/h11-18,22-23H,1-8H2,(H,24,25)/t11-,12-,13-,14-,15-,16-,17+,18+/m0/s1. The summed E-state index contributed by atoms with van der Waals surface area (Å²) < 4.78 is 5.73. The van der Waals surface area contributed by atoms with Crippen molar-refractivity contribution in [2.45, 2.75) is 50.0 Å². The van der Waals surface area contributed by atoms with E-state index < -0.39 is 42.2 Å². The number of carbonyl (C=O) groups excluding carboxylic acids is 1. The summed E-state index contributed by atoms with van der Waals surface area (Å²) in [6.45, 7) is 9.02. The molecule has 7 heteroatoms. The molecule has 0 radical (unpaired) electrons. The number of rotatable bonds is 3. The van der Waals surface area contributed by atoms with Crippen LogP contribution in [0.5, 0.6) is 0 Å². The number of hydrogen-bond donors (Lipinski definition) is 3. The van der Waals surface area contributed by atoms with Crippen LogP contribution in [0.25, 0.3) is 0 Å². The molecule has 2 heterocycles. The third kappa shape index (κ3) is 2.92. The molecule has 4 fully saturated rings. The van der Waals surface area contributed by atoms with E-state index in [0.717, 1.165) is 12.0 Å². The van der Waals surface area contributed by atoms with Crippen LogP contribution < -0.4 is 0 Å². The molecule has 0 aromatic heterocycles. The first-order valence-corrected chi connectivity index (χ1v) is 9.69. The number of aliphatic carboxylic acids is 1. The highest BCUT2D eigenvalue weighted by atomic mass is 16.6. The Bertz CT molecular complexity index is 690. The van der Waals surface area contributed by atoms with E-state index in [1.807, 2.05) is 4.90 Å². The lowest BCUT2D eigenvalue weighted by atomic mass is 9.78. The van der Waals surface area contributed by atoms with Gasteiger partial charge in [0, 0.05) is 18.4 Å². The van der Waals surface area contributed by atoms with Gasteiger partial charge in [0.15, 0.2) is 0 Å². The Balaban J connectivity index is 1.62. The molecule has 2 aliphatic heterocycles. The van der Waals surface area contributed by atoms with Crippen molar-refractivity contribution < 1.29 is 29.6 Å². The fourth-order valence-electron chi connectivity index (χ4n) is 5.69. The number of hydrogen-bond acceptors (Lipinski definition) is 6. The van der Waals surface area contributed by atoms with Gasteiger partial charge < -0.3 is 20.1 Å². The summed E-state index contributed by atoms with van der Waals surface area (Å²) in [5.41, 5.74) is 1.50. The third-order valence-electron chi connectivity index (χ3n) is 7.04. The van der Waals surface area contributed by atoms with E-state index in [-0.39, 0.29) is 24.3 Å². The molecule has 2 aliphatic carbocycles. The molecular weight excluding hydrogens is 350 g/mol. The molecule has 4 aliphatic rings. The minimum Gasteiger partial charge on any atom is -0.480 e. The van der Waals surface area contributed by atoms with Crippen LogP contribution in [0, 0.1) is 23.7 Å².